The normalized spacial score (nSPS) is 25.9. The van der Waals surface area contributed by atoms with Crippen LogP contribution in [0.1, 0.15) is 39.0 Å². The number of nitrogen functional groups attached to an aromatic ring is 1. The van der Waals surface area contributed by atoms with E-state index in [1.807, 2.05) is 18.2 Å². The number of nitrogens with two attached hydrogens (primary N) is 1. The molecule has 0 spiro atoms. The molecule has 0 bridgehead atoms. The van der Waals surface area contributed by atoms with Crippen LogP contribution in [-0.2, 0) is 10.8 Å². The van der Waals surface area contributed by atoms with Gasteiger partial charge < -0.3 is 5.73 Å². The molecule has 18 heavy (non-hydrogen) atoms. The molecule has 0 aliphatic heterocycles. The van der Waals surface area contributed by atoms with Crippen LogP contribution in [0.25, 0.3) is 0 Å². The summed E-state index contributed by atoms with van der Waals surface area (Å²) in [6.45, 7) is 2.24. The lowest BCUT2D eigenvalue weighted by atomic mass is 9.87. The smallest absolute Gasteiger partial charge is 0.0621 e. The third-order valence-corrected chi connectivity index (χ3v) is 6.24. The van der Waals surface area contributed by atoms with Crippen molar-refractivity contribution in [2.75, 3.05) is 5.73 Å². The molecule has 0 aromatic heterocycles. The molecule has 1 saturated carbocycles. The van der Waals surface area contributed by atoms with Crippen molar-refractivity contribution in [2.24, 2.45) is 5.92 Å². The monoisotopic (exact) mass is 329 g/mol. The zero-order valence-corrected chi connectivity index (χ0v) is 13.1. The predicted molar refractivity (Wildman–Crippen MR) is 81.0 cm³/mol. The molecule has 1 aromatic rings. The highest BCUT2D eigenvalue weighted by Crippen LogP contribution is 2.33. The second-order valence-corrected chi connectivity index (χ2v) is 7.65. The third-order valence-electron chi connectivity index (χ3n) is 3.86. The van der Waals surface area contributed by atoms with Crippen molar-refractivity contribution in [1.82, 2.24) is 0 Å². The van der Waals surface area contributed by atoms with Crippen LogP contribution in [0.5, 0.6) is 0 Å². The molecule has 0 amide bonds. The van der Waals surface area contributed by atoms with E-state index in [0.717, 1.165) is 28.1 Å². The average Bonchev–Trinajstić information content (AvgIpc) is 2.38. The first-order chi connectivity index (χ1) is 8.61. The summed E-state index contributed by atoms with van der Waals surface area (Å²) in [6.07, 6.45) is 5.81. The fourth-order valence-electron chi connectivity index (χ4n) is 2.64. The Hall–Kier alpha value is -0.350. The fourth-order valence-corrected chi connectivity index (χ4v) is 4.57. The summed E-state index contributed by atoms with van der Waals surface area (Å²) in [5, 5.41) is 0.288. The van der Waals surface area contributed by atoms with Gasteiger partial charge in [0.1, 0.15) is 0 Å². The Balaban J connectivity index is 2.08. The van der Waals surface area contributed by atoms with Gasteiger partial charge in [-0.05, 0) is 49.8 Å². The minimum atomic E-state index is -0.952. The standard InChI is InChI=1S/C14H20BrNOS/c1-2-10-3-6-12(7-4-10)18(17)14-8-5-11(15)9-13(14)16/h5,8-10,12H,2-4,6-7,16H2,1H3. The highest BCUT2D eigenvalue weighted by Gasteiger charge is 2.26. The second-order valence-electron chi connectivity index (χ2n) is 5.03. The summed E-state index contributed by atoms with van der Waals surface area (Å²) in [7, 11) is -0.952. The minimum Gasteiger partial charge on any atom is -0.398 e. The van der Waals surface area contributed by atoms with E-state index in [1.54, 1.807) is 0 Å². The molecule has 2 nitrogen and oxygen atoms in total. The summed E-state index contributed by atoms with van der Waals surface area (Å²) in [6, 6.07) is 5.65. The van der Waals surface area contributed by atoms with Crippen LogP contribution >= 0.6 is 15.9 Å². The van der Waals surface area contributed by atoms with Gasteiger partial charge in [0.05, 0.1) is 15.7 Å². The maximum absolute atomic E-state index is 12.5. The van der Waals surface area contributed by atoms with Crippen molar-refractivity contribution in [1.29, 1.82) is 0 Å². The van der Waals surface area contributed by atoms with E-state index < -0.39 is 10.8 Å². The van der Waals surface area contributed by atoms with Crippen molar-refractivity contribution < 1.29 is 4.21 Å². The van der Waals surface area contributed by atoms with Gasteiger partial charge in [-0.15, -0.1) is 0 Å². The molecular weight excluding hydrogens is 310 g/mol. The van der Waals surface area contributed by atoms with Gasteiger partial charge in [-0.1, -0.05) is 29.3 Å². The largest absolute Gasteiger partial charge is 0.398 e. The quantitative estimate of drug-likeness (QED) is 0.848. The van der Waals surface area contributed by atoms with Crippen molar-refractivity contribution in [2.45, 2.75) is 49.2 Å². The lowest BCUT2D eigenvalue weighted by molar-refractivity contribution is 0.353. The van der Waals surface area contributed by atoms with Gasteiger partial charge in [0.25, 0.3) is 0 Å². The zero-order valence-electron chi connectivity index (χ0n) is 10.7. The lowest BCUT2D eigenvalue weighted by Gasteiger charge is -2.27. The molecule has 0 heterocycles. The Morgan fingerprint density at radius 3 is 2.56 bits per heavy atom. The molecular formula is C14H20BrNOS. The Labute approximate surface area is 120 Å². The number of hydrogen-bond donors (Lipinski definition) is 1. The summed E-state index contributed by atoms with van der Waals surface area (Å²) < 4.78 is 13.5. The van der Waals surface area contributed by atoms with E-state index in [4.69, 9.17) is 5.73 Å². The molecule has 1 fully saturated rings. The number of rotatable bonds is 3. The molecule has 1 aromatic carbocycles. The number of anilines is 1. The van der Waals surface area contributed by atoms with Gasteiger partial charge in [-0.3, -0.25) is 4.21 Å². The van der Waals surface area contributed by atoms with Crippen LogP contribution in [0, 0.1) is 5.92 Å². The number of hydrogen-bond acceptors (Lipinski definition) is 2. The number of halogens is 1. The van der Waals surface area contributed by atoms with Crippen molar-refractivity contribution in [3.8, 4) is 0 Å². The van der Waals surface area contributed by atoms with Gasteiger partial charge in [-0.25, -0.2) is 0 Å². The Morgan fingerprint density at radius 2 is 2.00 bits per heavy atom. The van der Waals surface area contributed by atoms with E-state index in [2.05, 4.69) is 22.9 Å². The van der Waals surface area contributed by atoms with Gasteiger partial charge >= 0.3 is 0 Å². The molecule has 1 aliphatic carbocycles. The topological polar surface area (TPSA) is 43.1 Å². The van der Waals surface area contributed by atoms with Crippen LogP contribution in [0.2, 0.25) is 0 Å². The molecule has 100 valence electrons. The van der Waals surface area contributed by atoms with Crippen molar-refractivity contribution >= 4 is 32.4 Å². The highest BCUT2D eigenvalue weighted by atomic mass is 79.9. The highest BCUT2D eigenvalue weighted by molar-refractivity contribution is 9.10. The maximum Gasteiger partial charge on any atom is 0.0621 e. The molecule has 1 atom stereocenters. The molecule has 2 N–H and O–H groups in total. The molecule has 1 unspecified atom stereocenters. The third kappa shape index (κ3) is 3.15. The molecule has 2 rings (SSSR count). The predicted octanol–water partition coefficient (Wildman–Crippen LogP) is 4.11. The van der Waals surface area contributed by atoms with Crippen molar-refractivity contribution in [3.63, 3.8) is 0 Å². The van der Waals surface area contributed by atoms with Crippen LogP contribution < -0.4 is 5.73 Å². The minimum absolute atomic E-state index is 0.288. The van der Waals surface area contributed by atoms with Gasteiger partial charge in [-0.2, -0.15) is 0 Å². The van der Waals surface area contributed by atoms with Crippen LogP contribution in [0.15, 0.2) is 27.6 Å². The van der Waals surface area contributed by atoms with Crippen LogP contribution in [0.4, 0.5) is 5.69 Å². The first kappa shape index (κ1) is 14.1. The van der Waals surface area contributed by atoms with E-state index in [-0.39, 0.29) is 5.25 Å². The summed E-state index contributed by atoms with van der Waals surface area (Å²) in [4.78, 5) is 0.804. The Kier molecular flexibility index (Phi) is 4.84. The van der Waals surface area contributed by atoms with Crippen LogP contribution in [0.3, 0.4) is 0 Å². The van der Waals surface area contributed by atoms with E-state index in [9.17, 15) is 4.21 Å². The zero-order chi connectivity index (χ0) is 13.1. The Morgan fingerprint density at radius 1 is 1.33 bits per heavy atom. The molecule has 1 aliphatic rings. The summed E-state index contributed by atoms with van der Waals surface area (Å²) in [5.41, 5.74) is 6.60. The molecule has 4 heteroatoms. The summed E-state index contributed by atoms with van der Waals surface area (Å²) in [5.74, 6) is 0.834. The van der Waals surface area contributed by atoms with E-state index in [0.29, 0.717) is 5.69 Å². The van der Waals surface area contributed by atoms with Crippen molar-refractivity contribution in [3.05, 3.63) is 22.7 Å². The first-order valence-corrected chi connectivity index (χ1v) is 8.58. The van der Waals surface area contributed by atoms with Gasteiger partial charge in [0.2, 0.25) is 0 Å². The van der Waals surface area contributed by atoms with Gasteiger partial charge in [0, 0.05) is 15.4 Å². The van der Waals surface area contributed by atoms with Gasteiger partial charge in [0.15, 0.2) is 0 Å². The van der Waals surface area contributed by atoms with E-state index in [1.165, 1.54) is 19.3 Å². The first-order valence-electron chi connectivity index (χ1n) is 6.57. The SMILES string of the molecule is CCC1CCC(S(=O)c2ccc(Br)cc2N)CC1. The average molecular weight is 330 g/mol. The number of benzene rings is 1. The summed E-state index contributed by atoms with van der Waals surface area (Å²) >= 11 is 3.38. The molecule has 0 saturated heterocycles. The lowest BCUT2D eigenvalue weighted by Crippen LogP contribution is -2.23. The van der Waals surface area contributed by atoms with E-state index >= 15 is 0 Å². The second kappa shape index (κ2) is 6.20. The van der Waals surface area contributed by atoms with Crippen LogP contribution in [-0.4, -0.2) is 9.46 Å². The Bertz CT molecular complexity index is 441. The maximum atomic E-state index is 12.5. The fraction of sp³-hybridized carbons (Fsp3) is 0.571. The molecule has 0 radical (unpaired) electrons.